The average molecular weight is 209 g/mol. The van der Waals surface area contributed by atoms with Gasteiger partial charge in [0.25, 0.3) is 5.91 Å². The zero-order valence-electron chi connectivity index (χ0n) is 7.89. The highest BCUT2D eigenvalue weighted by atomic mass is 19.1. The first-order chi connectivity index (χ1) is 7.16. The van der Waals surface area contributed by atoms with Crippen LogP contribution in [-0.4, -0.2) is 12.5 Å². The van der Waals surface area contributed by atoms with E-state index in [1.165, 1.54) is 6.07 Å². The summed E-state index contributed by atoms with van der Waals surface area (Å²) in [5.74, 6) is -0.252. The molecule has 0 fully saturated rings. The van der Waals surface area contributed by atoms with E-state index in [9.17, 15) is 13.6 Å². The third kappa shape index (κ3) is 2.78. The fraction of sp³-hybridized carbons (Fsp3) is 0.182. The van der Waals surface area contributed by atoms with Crippen LogP contribution in [0.15, 0.2) is 18.2 Å². The van der Waals surface area contributed by atoms with Crippen molar-refractivity contribution in [1.29, 1.82) is 0 Å². The number of hydrogen-bond donors (Lipinski definition) is 1. The minimum Gasteiger partial charge on any atom is -0.351 e. The first-order valence-corrected chi connectivity index (χ1v) is 4.32. The lowest BCUT2D eigenvalue weighted by molar-refractivity contribution is 0.0946. The Kier molecular flexibility index (Phi) is 3.81. The van der Waals surface area contributed by atoms with Crippen LogP contribution in [0.2, 0.25) is 0 Å². The second-order valence-corrected chi connectivity index (χ2v) is 2.81. The Morgan fingerprint density at radius 2 is 2.00 bits per heavy atom. The van der Waals surface area contributed by atoms with Gasteiger partial charge in [0.2, 0.25) is 0 Å². The van der Waals surface area contributed by atoms with Crippen LogP contribution in [0.5, 0.6) is 0 Å². The van der Waals surface area contributed by atoms with Crippen LogP contribution in [0.1, 0.15) is 16.8 Å². The molecule has 0 bridgehead atoms. The molecule has 78 valence electrons. The lowest BCUT2D eigenvalue weighted by Gasteiger charge is -2.04. The Morgan fingerprint density at radius 1 is 1.40 bits per heavy atom. The number of nitrogens with one attached hydrogen (secondary N) is 1. The number of carbonyl (C=O) groups excluding carboxylic acids is 1. The molecule has 4 heteroatoms. The number of halogens is 2. The van der Waals surface area contributed by atoms with Crippen molar-refractivity contribution in [3.05, 3.63) is 35.4 Å². The van der Waals surface area contributed by atoms with Crippen LogP contribution in [0, 0.1) is 24.0 Å². The molecule has 1 aromatic carbocycles. The molecule has 0 heterocycles. The topological polar surface area (TPSA) is 29.1 Å². The number of rotatable bonds is 3. The van der Waals surface area contributed by atoms with Gasteiger partial charge in [-0.25, -0.2) is 8.78 Å². The number of terminal acetylenes is 1. The van der Waals surface area contributed by atoms with Gasteiger partial charge in [0, 0.05) is 13.0 Å². The van der Waals surface area contributed by atoms with E-state index in [-0.39, 0.29) is 6.54 Å². The predicted octanol–water partition coefficient (Wildman–Crippen LogP) is 1.72. The summed E-state index contributed by atoms with van der Waals surface area (Å²) in [6.45, 7) is 0.198. The Bertz CT molecular complexity index is 389. The highest BCUT2D eigenvalue weighted by Gasteiger charge is 2.15. The van der Waals surface area contributed by atoms with Crippen LogP contribution in [0.25, 0.3) is 0 Å². The van der Waals surface area contributed by atoms with E-state index in [0.717, 1.165) is 12.1 Å². The van der Waals surface area contributed by atoms with Crippen molar-refractivity contribution in [2.24, 2.45) is 0 Å². The van der Waals surface area contributed by atoms with Gasteiger partial charge >= 0.3 is 0 Å². The quantitative estimate of drug-likeness (QED) is 0.596. The first kappa shape index (κ1) is 11.2. The molecule has 0 radical (unpaired) electrons. The Hall–Kier alpha value is -1.89. The van der Waals surface area contributed by atoms with E-state index in [2.05, 4.69) is 11.2 Å². The molecule has 1 rings (SSSR count). The molecule has 15 heavy (non-hydrogen) atoms. The van der Waals surface area contributed by atoms with Gasteiger partial charge in [-0.05, 0) is 12.1 Å². The minimum atomic E-state index is -0.881. The molecule has 1 amide bonds. The molecule has 0 saturated heterocycles. The van der Waals surface area contributed by atoms with E-state index in [0.29, 0.717) is 6.42 Å². The highest BCUT2D eigenvalue weighted by molar-refractivity contribution is 5.94. The van der Waals surface area contributed by atoms with Gasteiger partial charge in [-0.2, -0.15) is 0 Å². The van der Waals surface area contributed by atoms with Gasteiger partial charge in [-0.3, -0.25) is 4.79 Å². The molecule has 0 aliphatic heterocycles. The van der Waals surface area contributed by atoms with Crippen molar-refractivity contribution in [1.82, 2.24) is 5.32 Å². The summed E-state index contributed by atoms with van der Waals surface area (Å²) in [5, 5.41) is 2.32. The van der Waals surface area contributed by atoms with Crippen LogP contribution in [0.4, 0.5) is 8.78 Å². The van der Waals surface area contributed by atoms with Crippen molar-refractivity contribution >= 4 is 5.91 Å². The SMILES string of the molecule is C#CCCNC(=O)c1c(F)cccc1F. The Balaban J connectivity index is 2.78. The molecule has 1 aromatic rings. The lowest BCUT2D eigenvalue weighted by atomic mass is 10.2. The van der Waals surface area contributed by atoms with Gasteiger partial charge in [0.1, 0.15) is 17.2 Å². The molecule has 0 spiro atoms. The first-order valence-electron chi connectivity index (χ1n) is 4.32. The third-order valence-corrected chi connectivity index (χ3v) is 1.74. The molecular weight excluding hydrogens is 200 g/mol. The van der Waals surface area contributed by atoms with Gasteiger partial charge < -0.3 is 5.32 Å². The smallest absolute Gasteiger partial charge is 0.257 e. The summed E-state index contributed by atoms with van der Waals surface area (Å²) in [6, 6.07) is 3.25. The van der Waals surface area contributed by atoms with Crippen molar-refractivity contribution in [2.75, 3.05) is 6.54 Å². The van der Waals surface area contributed by atoms with E-state index in [4.69, 9.17) is 6.42 Å². The lowest BCUT2D eigenvalue weighted by Crippen LogP contribution is -2.26. The number of amides is 1. The molecule has 0 aliphatic rings. The Labute approximate surface area is 86.3 Å². The standard InChI is InChI=1S/C11H9F2NO/c1-2-3-7-14-11(15)10-8(12)5-4-6-9(10)13/h1,4-6H,3,7H2,(H,14,15). The maximum Gasteiger partial charge on any atom is 0.257 e. The van der Waals surface area contributed by atoms with Crippen LogP contribution >= 0.6 is 0 Å². The largest absolute Gasteiger partial charge is 0.351 e. The third-order valence-electron chi connectivity index (χ3n) is 1.74. The summed E-state index contributed by atoms with van der Waals surface area (Å²) >= 11 is 0. The summed E-state index contributed by atoms with van der Waals surface area (Å²) < 4.78 is 26.1. The van der Waals surface area contributed by atoms with Crippen LogP contribution in [-0.2, 0) is 0 Å². The minimum absolute atomic E-state index is 0.198. The second kappa shape index (κ2) is 5.11. The zero-order valence-corrected chi connectivity index (χ0v) is 7.89. The number of carbonyl (C=O) groups is 1. The second-order valence-electron chi connectivity index (χ2n) is 2.81. The van der Waals surface area contributed by atoms with E-state index >= 15 is 0 Å². The van der Waals surface area contributed by atoms with Gasteiger partial charge in [-0.15, -0.1) is 12.3 Å². The molecule has 0 aromatic heterocycles. The maximum atomic E-state index is 13.1. The fourth-order valence-electron chi connectivity index (χ4n) is 1.05. The predicted molar refractivity (Wildman–Crippen MR) is 52.1 cm³/mol. The van der Waals surface area contributed by atoms with Crippen molar-refractivity contribution in [3.63, 3.8) is 0 Å². The summed E-state index contributed by atoms with van der Waals surface area (Å²) in [7, 11) is 0. The normalized spacial score (nSPS) is 9.40. The zero-order chi connectivity index (χ0) is 11.3. The molecule has 0 unspecified atom stereocenters. The van der Waals surface area contributed by atoms with Gasteiger partial charge in [-0.1, -0.05) is 6.07 Å². The highest BCUT2D eigenvalue weighted by Crippen LogP contribution is 2.11. The fourth-order valence-corrected chi connectivity index (χ4v) is 1.05. The molecule has 0 saturated carbocycles. The maximum absolute atomic E-state index is 13.1. The number of benzene rings is 1. The summed E-state index contributed by atoms with van der Waals surface area (Å²) in [4.78, 5) is 11.3. The average Bonchev–Trinajstić information content (AvgIpc) is 2.18. The molecule has 1 N–H and O–H groups in total. The molecule has 0 aliphatic carbocycles. The summed E-state index contributed by atoms with van der Waals surface area (Å²) in [5.41, 5.74) is -0.575. The van der Waals surface area contributed by atoms with Crippen LogP contribution < -0.4 is 5.32 Å². The van der Waals surface area contributed by atoms with E-state index in [1.54, 1.807) is 0 Å². The number of hydrogen-bond acceptors (Lipinski definition) is 1. The van der Waals surface area contributed by atoms with Crippen LogP contribution in [0.3, 0.4) is 0 Å². The molecule has 2 nitrogen and oxygen atoms in total. The van der Waals surface area contributed by atoms with Crippen molar-refractivity contribution in [3.8, 4) is 12.3 Å². The van der Waals surface area contributed by atoms with E-state index < -0.39 is 23.1 Å². The van der Waals surface area contributed by atoms with Crippen molar-refractivity contribution < 1.29 is 13.6 Å². The van der Waals surface area contributed by atoms with Crippen molar-refractivity contribution in [2.45, 2.75) is 6.42 Å². The van der Waals surface area contributed by atoms with Gasteiger partial charge in [0.05, 0.1) is 0 Å². The molecular formula is C11H9F2NO. The monoisotopic (exact) mass is 209 g/mol. The van der Waals surface area contributed by atoms with Gasteiger partial charge in [0.15, 0.2) is 0 Å². The Morgan fingerprint density at radius 3 is 2.53 bits per heavy atom. The molecule has 0 atom stereocenters. The summed E-state index contributed by atoms with van der Waals surface area (Å²) in [6.07, 6.45) is 5.29. The van der Waals surface area contributed by atoms with E-state index in [1.807, 2.05) is 0 Å².